The zero-order valence-electron chi connectivity index (χ0n) is 12.2. The van der Waals surface area contributed by atoms with E-state index in [4.69, 9.17) is 0 Å². The Morgan fingerprint density at radius 1 is 1.10 bits per heavy atom. The third kappa shape index (κ3) is 4.27. The molecule has 1 aromatic carbocycles. The molecular formula is C16H22N4S. The summed E-state index contributed by atoms with van der Waals surface area (Å²) >= 11 is 1.73. The largest absolute Gasteiger partial charge is 0.346 e. The number of piperazine rings is 1. The molecule has 21 heavy (non-hydrogen) atoms. The first-order chi connectivity index (χ1) is 10.4. The van der Waals surface area contributed by atoms with E-state index in [9.17, 15) is 0 Å². The van der Waals surface area contributed by atoms with Gasteiger partial charge in [-0.15, -0.1) is 11.3 Å². The van der Waals surface area contributed by atoms with E-state index in [1.54, 1.807) is 11.3 Å². The lowest BCUT2D eigenvalue weighted by atomic mass is 10.2. The molecule has 2 aromatic rings. The number of hydrogen-bond acceptors (Lipinski definition) is 5. The van der Waals surface area contributed by atoms with Gasteiger partial charge in [0, 0.05) is 57.4 Å². The minimum absolute atomic E-state index is 0.958. The lowest BCUT2D eigenvalue weighted by molar-refractivity contribution is 0.257. The van der Waals surface area contributed by atoms with Crippen LogP contribution in [0.25, 0.3) is 0 Å². The number of nitrogens with one attached hydrogen (secondary N) is 1. The van der Waals surface area contributed by atoms with Crippen molar-refractivity contribution in [2.75, 3.05) is 44.2 Å². The van der Waals surface area contributed by atoms with Gasteiger partial charge >= 0.3 is 0 Å². The highest BCUT2D eigenvalue weighted by Gasteiger charge is 2.17. The molecule has 4 nitrogen and oxygen atoms in total. The standard InChI is InChI=1S/C16H22N4S/c1-2-4-15(5-3-1)14-17-6-8-19-9-11-20(12-10-19)16-18-7-13-21-16/h1-5,7,13,17H,6,8-12,14H2. The zero-order valence-corrected chi connectivity index (χ0v) is 13.1. The predicted molar refractivity (Wildman–Crippen MR) is 88.9 cm³/mol. The van der Waals surface area contributed by atoms with Gasteiger partial charge in [-0.05, 0) is 5.56 Å². The molecule has 0 spiro atoms. The maximum Gasteiger partial charge on any atom is 0.185 e. The summed E-state index contributed by atoms with van der Waals surface area (Å²) in [5, 5.41) is 6.74. The van der Waals surface area contributed by atoms with Crippen LogP contribution in [0.5, 0.6) is 0 Å². The van der Waals surface area contributed by atoms with Crippen LogP contribution in [0.3, 0.4) is 0 Å². The fourth-order valence-electron chi connectivity index (χ4n) is 2.60. The summed E-state index contributed by atoms with van der Waals surface area (Å²) in [7, 11) is 0. The maximum atomic E-state index is 4.39. The highest BCUT2D eigenvalue weighted by Crippen LogP contribution is 2.18. The molecule has 0 unspecified atom stereocenters. The third-order valence-corrected chi connectivity index (χ3v) is 4.67. The Balaban J connectivity index is 1.33. The SMILES string of the molecule is c1ccc(CNCCN2CCN(c3nccs3)CC2)cc1. The van der Waals surface area contributed by atoms with E-state index in [-0.39, 0.29) is 0 Å². The van der Waals surface area contributed by atoms with Gasteiger partial charge in [-0.3, -0.25) is 4.90 Å². The summed E-state index contributed by atoms with van der Waals surface area (Å²) in [5.74, 6) is 0. The number of thiazole rings is 1. The van der Waals surface area contributed by atoms with Gasteiger partial charge in [0.1, 0.15) is 0 Å². The third-order valence-electron chi connectivity index (χ3n) is 3.84. The minimum Gasteiger partial charge on any atom is -0.346 e. The van der Waals surface area contributed by atoms with Crippen molar-refractivity contribution in [3.8, 4) is 0 Å². The van der Waals surface area contributed by atoms with Gasteiger partial charge in [-0.1, -0.05) is 30.3 Å². The number of rotatable bonds is 6. The van der Waals surface area contributed by atoms with E-state index in [0.29, 0.717) is 0 Å². The molecule has 0 bridgehead atoms. The Bertz CT molecular complexity index is 506. The van der Waals surface area contributed by atoms with E-state index in [0.717, 1.165) is 50.9 Å². The van der Waals surface area contributed by atoms with Crippen LogP contribution in [0.2, 0.25) is 0 Å². The Kier molecular flexibility index (Phi) is 5.21. The minimum atomic E-state index is 0.958. The van der Waals surface area contributed by atoms with Gasteiger partial charge in [-0.2, -0.15) is 0 Å². The Morgan fingerprint density at radius 2 is 1.90 bits per heavy atom. The van der Waals surface area contributed by atoms with Gasteiger partial charge < -0.3 is 10.2 Å². The molecule has 0 saturated carbocycles. The van der Waals surface area contributed by atoms with Crippen molar-refractivity contribution in [3.05, 3.63) is 47.5 Å². The summed E-state index contributed by atoms with van der Waals surface area (Å²) in [6.07, 6.45) is 1.89. The molecule has 0 aliphatic carbocycles. The number of anilines is 1. The van der Waals surface area contributed by atoms with Crippen LogP contribution in [-0.4, -0.2) is 49.2 Å². The average Bonchev–Trinajstić information content (AvgIpc) is 3.08. The quantitative estimate of drug-likeness (QED) is 0.828. The molecule has 1 saturated heterocycles. The van der Waals surface area contributed by atoms with Crippen LogP contribution in [0.4, 0.5) is 5.13 Å². The fraction of sp³-hybridized carbons (Fsp3) is 0.438. The van der Waals surface area contributed by atoms with Gasteiger partial charge in [0.15, 0.2) is 5.13 Å². The first kappa shape index (κ1) is 14.5. The van der Waals surface area contributed by atoms with Crippen LogP contribution >= 0.6 is 11.3 Å². The van der Waals surface area contributed by atoms with Crippen molar-refractivity contribution in [1.82, 2.24) is 15.2 Å². The second kappa shape index (κ2) is 7.54. The molecular weight excluding hydrogens is 280 g/mol. The summed E-state index contributed by atoms with van der Waals surface area (Å²) in [4.78, 5) is 9.30. The summed E-state index contributed by atoms with van der Waals surface area (Å²) in [5.41, 5.74) is 1.35. The normalized spacial score (nSPS) is 16.3. The number of aromatic nitrogens is 1. The smallest absolute Gasteiger partial charge is 0.185 e. The Hall–Kier alpha value is -1.43. The van der Waals surface area contributed by atoms with Crippen LogP contribution in [0, 0.1) is 0 Å². The van der Waals surface area contributed by atoms with E-state index in [2.05, 4.69) is 55.8 Å². The molecule has 2 heterocycles. The van der Waals surface area contributed by atoms with Gasteiger partial charge in [0.25, 0.3) is 0 Å². The second-order valence-electron chi connectivity index (χ2n) is 5.31. The lowest BCUT2D eigenvalue weighted by Gasteiger charge is -2.34. The second-order valence-corrected chi connectivity index (χ2v) is 6.18. The molecule has 1 aliphatic rings. The van der Waals surface area contributed by atoms with Crippen LogP contribution < -0.4 is 10.2 Å². The molecule has 0 radical (unpaired) electrons. The Labute approximate surface area is 130 Å². The molecule has 0 amide bonds. The van der Waals surface area contributed by atoms with E-state index in [1.807, 2.05) is 6.20 Å². The van der Waals surface area contributed by atoms with Crippen molar-refractivity contribution < 1.29 is 0 Å². The monoisotopic (exact) mass is 302 g/mol. The average molecular weight is 302 g/mol. The zero-order chi connectivity index (χ0) is 14.3. The fourth-order valence-corrected chi connectivity index (χ4v) is 3.30. The first-order valence-corrected chi connectivity index (χ1v) is 8.41. The molecule has 1 fully saturated rings. The summed E-state index contributed by atoms with van der Waals surface area (Å²) in [6, 6.07) is 10.6. The van der Waals surface area contributed by atoms with Crippen LogP contribution in [-0.2, 0) is 6.54 Å². The van der Waals surface area contributed by atoms with E-state index >= 15 is 0 Å². The van der Waals surface area contributed by atoms with Crippen molar-refractivity contribution in [2.45, 2.75) is 6.54 Å². The number of benzene rings is 1. The molecule has 1 aromatic heterocycles. The summed E-state index contributed by atoms with van der Waals surface area (Å²) in [6.45, 7) is 7.57. The topological polar surface area (TPSA) is 31.4 Å². The van der Waals surface area contributed by atoms with Crippen LogP contribution in [0.1, 0.15) is 5.56 Å². The van der Waals surface area contributed by atoms with Gasteiger partial charge in [0.2, 0.25) is 0 Å². The number of nitrogens with zero attached hydrogens (tertiary/aromatic N) is 3. The van der Waals surface area contributed by atoms with E-state index < -0.39 is 0 Å². The lowest BCUT2D eigenvalue weighted by Crippen LogP contribution is -2.48. The van der Waals surface area contributed by atoms with Crippen molar-refractivity contribution >= 4 is 16.5 Å². The molecule has 112 valence electrons. The van der Waals surface area contributed by atoms with Gasteiger partial charge in [-0.25, -0.2) is 4.98 Å². The first-order valence-electron chi connectivity index (χ1n) is 7.53. The molecule has 0 atom stereocenters. The van der Waals surface area contributed by atoms with Crippen LogP contribution in [0.15, 0.2) is 41.9 Å². The van der Waals surface area contributed by atoms with Crippen molar-refractivity contribution in [1.29, 1.82) is 0 Å². The highest BCUT2D eigenvalue weighted by molar-refractivity contribution is 7.13. The van der Waals surface area contributed by atoms with Gasteiger partial charge in [0.05, 0.1) is 0 Å². The summed E-state index contributed by atoms with van der Waals surface area (Å²) < 4.78 is 0. The predicted octanol–water partition coefficient (Wildman–Crippen LogP) is 2.05. The molecule has 5 heteroatoms. The molecule has 1 aliphatic heterocycles. The number of hydrogen-bond donors (Lipinski definition) is 1. The molecule has 3 rings (SSSR count). The van der Waals surface area contributed by atoms with E-state index in [1.165, 1.54) is 5.56 Å². The Morgan fingerprint density at radius 3 is 2.62 bits per heavy atom. The molecule has 1 N–H and O–H groups in total. The van der Waals surface area contributed by atoms with Crippen molar-refractivity contribution in [2.24, 2.45) is 0 Å². The van der Waals surface area contributed by atoms with Crippen molar-refractivity contribution in [3.63, 3.8) is 0 Å². The highest BCUT2D eigenvalue weighted by atomic mass is 32.1. The maximum absolute atomic E-state index is 4.39.